The van der Waals surface area contributed by atoms with Gasteiger partial charge in [0, 0.05) is 24.8 Å². The fourth-order valence-corrected chi connectivity index (χ4v) is 2.50. The van der Waals surface area contributed by atoms with Crippen molar-refractivity contribution in [3.05, 3.63) is 46.9 Å². The van der Waals surface area contributed by atoms with Gasteiger partial charge in [-0.1, -0.05) is 11.6 Å². The zero-order valence-electron chi connectivity index (χ0n) is 14.8. The van der Waals surface area contributed by atoms with Crippen molar-refractivity contribution in [2.75, 3.05) is 25.0 Å². The first-order valence-electron chi connectivity index (χ1n) is 8.19. The number of halogens is 1. The van der Waals surface area contributed by atoms with E-state index in [2.05, 4.69) is 5.32 Å². The van der Waals surface area contributed by atoms with Crippen LogP contribution in [0.15, 0.2) is 34.9 Å². The molecule has 1 heterocycles. The summed E-state index contributed by atoms with van der Waals surface area (Å²) in [5.74, 6) is -1.80. The lowest BCUT2D eigenvalue weighted by Gasteiger charge is -2.19. The zero-order chi connectivity index (χ0) is 20.0. The minimum atomic E-state index is -1.19. The van der Waals surface area contributed by atoms with E-state index in [1.165, 1.54) is 12.1 Å². The lowest BCUT2D eigenvalue weighted by Crippen LogP contribution is -2.34. The van der Waals surface area contributed by atoms with Gasteiger partial charge in [-0.2, -0.15) is 0 Å². The topological polar surface area (TPSA) is 109 Å². The number of rotatable bonds is 8. The molecule has 0 saturated heterocycles. The second-order valence-corrected chi connectivity index (χ2v) is 5.87. The average molecular weight is 395 g/mol. The smallest absolute Gasteiger partial charge is 0.338 e. The van der Waals surface area contributed by atoms with Crippen molar-refractivity contribution < 1.29 is 28.6 Å². The summed E-state index contributed by atoms with van der Waals surface area (Å²) in [6.07, 6.45) is 0.980. The monoisotopic (exact) mass is 394 g/mol. The minimum Gasteiger partial charge on any atom is -0.482 e. The van der Waals surface area contributed by atoms with Gasteiger partial charge < -0.3 is 24.5 Å². The van der Waals surface area contributed by atoms with E-state index in [1.54, 1.807) is 11.0 Å². The van der Waals surface area contributed by atoms with Gasteiger partial charge in [0.05, 0.1) is 10.6 Å². The number of aromatic carboxylic acids is 1. The molecule has 1 aromatic carbocycles. The number of hydrogen-bond donors (Lipinski definition) is 2. The maximum absolute atomic E-state index is 12.1. The summed E-state index contributed by atoms with van der Waals surface area (Å²) in [6, 6.07) is 5.65. The van der Waals surface area contributed by atoms with Gasteiger partial charge >= 0.3 is 5.97 Å². The van der Waals surface area contributed by atoms with Crippen molar-refractivity contribution in [3.63, 3.8) is 0 Å². The molecule has 0 unspecified atom stereocenters. The van der Waals surface area contributed by atoms with Crippen LogP contribution in [0.1, 0.15) is 34.8 Å². The van der Waals surface area contributed by atoms with E-state index in [0.29, 0.717) is 24.5 Å². The van der Waals surface area contributed by atoms with Gasteiger partial charge in [0.2, 0.25) is 0 Å². The summed E-state index contributed by atoms with van der Waals surface area (Å²) in [5.41, 5.74) is 0.237. The first-order chi connectivity index (χ1) is 12.8. The first-order valence-corrected chi connectivity index (χ1v) is 8.56. The molecular formula is C18H19ClN2O6. The molecule has 8 nitrogen and oxygen atoms in total. The second-order valence-electron chi connectivity index (χ2n) is 5.46. The summed E-state index contributed by atoms with van der Waals surface area (Å²) in [4.78, 5) is 36.5. The molecule has 0 aliphatic rings. The molecule has 2 N–H and O–H groups in total. The summed E-state index contributed by atoms with van der Waals surface area (Å²) in [6.45, 7) is 4.80. The van der Waals surface area contributed by atoms with Crippen LogP contribution in [0.5, 0.6) is 5.75 Å². The van der Waals surface area contributed by atoms with Crippen molar-refractivity contribution in [1.82, 2.24) is 4.90 Å². The number of carboxylic acids is 1. The van der Waals surface area contributed by atoms with E-state index in [-0.39, 0.29) is 28.9 Å². The number of benzene rings is 1. The third-order valence-electron chi connectivity index (χ3n) is 3.73. The van der Waals surface area contributed by atoms with Gasteiger partial charge in [-0.15, -0.1) is 0 Å². The Bertz CT molecular complexity index is 844. The Kier molecular flexibility index (Phi) is 6.84. The zero-order valence-corrected chi connectivity index (χ0v) is 15.6. The van der Waals surface area contributed by atoms with E-state index in [9.17, 15) is 14.4 Å². The maximum Gasteiger partial charge on any atom is 0.338 e. The summed E-state index contributed by atoms with van der Waals surface area (Å²) in [5, 5.41) is 11.6. The van der Waals surface area contributed by atoms with Crippen molar-refractivity contribution in [1.29, 1.82) is 0 Å². The standard InChI is InChI=1S/C18H19ClN2O6/c1-3-21(4-2)16(22)10-27-14-6-5-12(8-13(14)19)20-17(23)15-7-11(9-26-15)18(24)25/h5-9H,3-4,10H2,1-2H3,(H,20,23)(H,24,25). The molecule has 0 aliphatic carbocycles. The van der Waals surface area contributed by atoms with Gasteiger partial charge in [0.1, 0.15) is 12.0 Å². The van der Waals surface area contributed by atoms with Crippen molar-refractivity contribution in [2.24, 2.45) is 0 Å². The normalized spacial score (nSPS) is 10.3. The molecule has 0 aliphatic heterocycles. The molecular weight excluding hydrogens is 376 g/mol. The summed E-state index contributed by atoms with van der Waals surface area (Å²) in [7, 11) is 0. The molecule has 0 radical (unpaired) electrons. The number of nitrogens with one attached hydrogen (secondary N) is 1. The molecule has 0 bridgehead atoms. The Morgan fingerprint density at radius 1 is 1.22 bits per heavy atom. The Morgan fingerprint density at radius 2 is 1.93 bits per heavy atom. The molecule has 1 aromatic heterocycles. The fourth-order valence-electron chi connectivity index (χ4n) is 2.26. The van der Waals surface area contributed by atoms with Crippen molar-refractivity contribution >= 4 is 35.1 Å². The van der Waals surface area contributed by atoms with E-state index in [1.807, 2.05) is 13.8 Å². The molecule has 27 heavy (non-hydrogen) atoms. The highest BCUT2D eigenvalue weighted by molar-refractivity contribution is 6.32. The Labute approximate surface area is 160 Å². The third-order valence-corrected chi connectivity index (χ3v) is 4.02. The van der Waals surface area contributed by atoms with Crippen LogP contribution in [0.2, 0.25) is 5.02 Å². The lowest BCUT2D eigenvalue weighted by molar-refractivity contribution is -0.132. The molecule has 0 spiro atoms. The Morgan fingerprint density at radius 3 is 2.48 bits per heavy atom. The second kappa shape index (κ2) is 9.09. The quantitative estimate of drug-likeness (QED) is 0.711. The fraction of sp³-hybridized carbons (Fsp3) is 0.278. The number of amides is 2. The van der Waals surface area contributed by atoms with Crippen molar-refractivity contribution in [3.8, 4) is 5.75 Å². The van der Waals surface area contributed by atoms with Crippen LogP contribution in [0.25, 0.3) is 0 Å². The molecule has 0 fully saturated rings. The number of furan rings is 1. The predicted molar refractivity (Wildman–Crippen MR) is 98.5 cm³/mol. The number of ether oxygens (including phenoxy) is 1. The summed E-state index contributed by atoms with van der Waals surface area (Å²) < 4.78 is 10.4. The van der Waals surface area contributed by atoms with Gasteiger partial charge in [0.25, 0.3) is 11.8 Å². The first kappa shape index (κ1) is 20.3. The molecule has 2 aromatic rings. The van der Waals surface area contributed by atoms with Crippen LogP contribution in [-0.2, 0) is 4.79 Å². The van der Waals surface area contributed by atoms with E-state index in [4.69, 9.17) is 25.9 Å². The van der Waals surface area contributed by atoms with Crippen LogP contribution in [-0.4, -0.2) is 47.5 Å². The van der Waals surface area contributed by atoms with Gasteiger partial charge in [0.15, 0.2) is 12.4 Å². The third kappa shape index (κ3) is 5.24. The van der Waals surface area contributed by atoms with Crippen LogP contribution in [0.4, 0.5) is 5.69 Å². The number of nitrogens with zero attached hydrogens (tertiary/aromatic N) is 1. The van der Waals surface area contributed by atoms with E-state index >= 15 is 0 Å². The van der Waals surface area contributed by atoms with Gasteiger partial charge in [-0.05, 0) is 32.0 Å². The number of carboxylic acid groups (broad SMARTS) is 1. The molecule has 9 heteroatoms. The Hall–Kier alpha value is -3.00. The van der Waals surface area contributed by atoms with Crippen LogP contribution in [0.3, 0.4) is 0 Å². The largest absolute Gasteiger partial charge is 0.482 e. The molecule has 0 atom stereocenters. The maximum atomic E-state index is 12.1. The van der Waals surface area contributed by atoms with Crippen LogP contribution < -0.4 is 10.1 Å². The Balaban J connectivity index is 2.00. The number of hydrogen-bond acceptors (Lipinski definition) is 5. The van der Waals surface area contributed by atoms with Gasteiger partial charge in [-0.3, -0.25) is 9.59 Å². The number of carbonyl (C=O) groups is 3. The van der Waals surface area contributed by atoms with Crippen LogP contribution in [0, 0.1) is 0 Å². The SMILES string of the molecule is CCN(CC)C(=O)COc1ccc(NC(=O)c2cc(C(=O)O)co2)cc1Cl. The molecule has 0 saturated carbocycles. The van der Waals surface area contributed by atoms with Crippen LogP contribution >= 0.6 is 11.6 Å². The molecule has 2 rings (SSSR count). The minimum absolute atomic E-state index is 0.125. The van der Waals surface area contributed by atoms with Crippen molar-refractivity contribution in [2.45, 2.75) is 13.8 Å². The highest BCUT2D eigenvalue weighted by atomic mass is 35.5. The highest BCUT2D eigenvalue weighted by Gasteiger charge is 2.16. The van der Waals surface area contributed by atoms with Gasteiger partial charge in [-0.25, -0.2) is 4.79 Å². The predicted octanol–water partition coefficient (Wildman–Crippen LogP) is 3.13. The highest BCUT2D eigenvalue weighted by Crippen LogP contribution is 2.28. The number of carbonyl (C=O) groups excluding carboxylic acids is 2. The molecule has 144 valence electrons. The number of likely N-dealkylation sites (N-methyl/N-ethyl adjacent to an activating group) is 1. The lowest BCUT2D eigenvalue weighted by atomic mass is 10.2. The summed E-state index contributed by atoms with van der Waals surface area (Å²) >= 11 is 6.13. The van der Waals surface area contributed by atoms with E-state index in [0.717, 1.165) is 12.3 Å². The molecule has 2 amide bonds. The average Bonchev–Trinajstić information content (AvgIpc) is 3.12. The number of anilines is 1. The van der Waals surface area contributed by atoms with E-state index < -0.39 is 11.9 Å².